The fourth-order valence-corrected chi connectivity index (χ4v) is 2.18. The topological polar surface area (TPSA) is 38.5 Å². The third-order valence-electron chi connectivity index (χ3n) is 3.01. The molecule has 0 fully saturated rings. The van der Waals surface area contributed by atoms with Crippen molar-refractivity contribution in [2.45, 2.75) is 19.8 Å². The number of hydrogen-bond acceptors (Lipinski definition) is 3. The predicted octanol–water partition coefficient (Wildman–Crippen LogP) is 2.06. The number of anilines is 2. The first-order chi connectivity index (χ1) is 7.83. The molecule has 0 aliphatic carbocycles. The van der Waals surface area contributed by atoms with Crippen LogP contribution in [0, 0.1) is 0 Å². The van der Waals surface area contributed by atoms with E-state index in [1.807, 2.05) is 12.1 Å². The minimum atomic E-state index is 0.808. The Balaban J connectivity index is 1.93. The third-order valence-corrected chi connectivity index (χ3v) is 3.01. The predicted molar refractivity (Wildman–Crippen MR) is 67.9 cm³/mol. The molecule has 0 amide bonds. The molecular weight excluding hydrogens is 200 g/mol. The Bertz CT molecular complexity index is 352. The van der Waals surface area contributed by atoms with Crippen molar-refractivity contribution in [2.75, 3.05) is 36.9 Å². The van der Waals surface area contributed by atoms with Gasteiger partial charge in [0.1, 0.15) is 0 Å². The van der Waals surface area contributed by atoms with Crippen molar-refractivity contribution in [3.05, 3.63) is 23.8 Å². The number of benzene rings is 1. The minimum Gasteiger partial charge on any atom is -0.398 e. The fraction of sp³-hybridized carbons (Fsp3) is 0.538. The van der Waals surface area contributed by atoms with Crippen molar-refractivity contribution in [1.29, 1.82) is 0 Å². The molecule has 1 aromatic rings. The standard InChI is InChI=1S/C13H20N2O/c1-2-9-16-10-8-15-7-6-11-12(14)4-3-5-13(11)15/h3-5H,2,6-10,14H2,1H3. The summed E-state index contributed by atoms with van der Waals surface area (Å²) in [4.78, 5) is 2.36. The SMILES string of the molecule is CCCOCCN1CCc2c(N)cccc21. The smallest absolute Gasteiger partial charge is 0.0641 e. The number of fused-ring (bicyclic) bond motifs is 1. The van der Waals surface area contributed by atoms with Gasteiger partial charge in [-0.2, -0.15) is 0 Å². The maximum Gasteiger partial charge on any atom is 0.0641 e. The first-order valence-electron chi connectivity index (χ1n) is 6.03. The van der Waals surface area contributed by atoms with Gasteiger partial charge in [-0.25, -0.2) is 0 Å². The Hall–Kier alpha value is -1.22. The molecule has 1 aromatic carbocycles. The van der Waals surface area contributed by atoms with Crippen LogP contribution in [0.4, 0.5) is 11.4 Å². The summed E-state index contributed by atoms with van der Waals surface area (Å²) < 4.78 is 5.52. The van der Waals surface area contributed by atoms with Gasteiger partial charge in [0.25, 0.3) is 0 Å². The quantitative estimate of drug-likeness (QED) is 0.609. The zero-order valence-corrected chi connectivity index (χ0v) is 9.91. The van der Waals surface area contributed by atoms with E-state index in [4.69, 9.17) is 10.5 Å². The highest BCUT2D eigenvalue weighted by Gasteiger charge is 2.19. The molecule has 2 rings (SSSR count). The van der Waals surface area contributed by atoms with E-state index < -0.39 is 0 Å². The molecule has 0 saturated carbocycles. The maximum absolute atomic E-state index is 5.95. The van der Waals surface area contributed by atoms with Gasteiger partial charge in [-0.3, -0.25) is 0 Å². The Morgan fingerprint density at radius 1 is 1.38 bits per heavy atom. The normalized spacial score (nSPS) is 14.2. The summed E-state index contributed by atoms with van der Waals surface area (Å²) in [5.74, 6) is 0. The second-order valence-corrected chi connectivity index (χ2v) is 4.19. The van der Waals surface area contributed by atoms with Crippen molar-refractivity contribution in [3.8, 4) is 0 Å². The molecule has 16 heavy (non-hydrogen) atoms. The molecule has 0 unspecified atom stereocenters. The van der Waals surface area contributed by atoms with E-state index in [-0.39, 0.29) is 0 Å². The van der Waals surface area contributed by atoms with Crippen molar-refractivity contribution >= 4 is 11.4 Å². The minimum absolute atomic E-state index is 0.808. The summed E-state index contributed by atoms with van der Waals surface area (Å²) in [6, 6.07) is 6.16. The number of nitrogens with zero attached hydrogens (tertiary/aromatic N) is 1. The van der Waals surface area contributed by atoms with Gasteiger partial charge in [0.05, 0.1) is 6.61 Å². The molecule has 88 valence electrons. The summed E-state index contributed by atoms with van der Waals surface area (Å²) in [6.45, 7) is 5.83. The zero-order valence-electron chi connectivity index (χ0n) is 9.91. The van der Waals surface area contributed by atoms with Crippen LogP contribution in [0.2, 0.25) is 0 Å². The second-order valence-electron chi connectivity index (χ2n) is 4.19. The van der Waals surface area contributed by atoms with Gasteiger partial charge in [-0.15, -0.1) is 0 Å². The summed E-state index contributed by atoms with van der Waals surface area (Å²) in [5.41, 5.74) is 9.47. The van der Waals surface area contributed by atoms with E-state index in [2.05, 4.69) is 17.9 Å². The zero-order chi connectivity index (χ0) is 11.4. The van der Waals surface area contributed by atoms with E-state index in [1.54, 1.807) is 0 Å². The van der Waals surface area contributed by atoms with Crippen LogP contribution in [0.25, 0.3) is 0 Å². The molecule has 0 radical (unpaired) electrons. The number of nitrogen functional groups attached to an aromatic ring is 1. The van der Waals surface area contributed by atoms with Gasteiger partial charge in [-0.1, -0.05) is 13.0 Å². The van der Waals surface area contributed by atoms with Crippen molar-refractivity contribution in [1.82, 2.24) is 0 Å². The molecule has 0 bridgehead atoms. The van der Waals surface area contributed by atoms with Crippen molar-refractivity contribution in [3.63, 3.8) is 0 Å². The Labute approximate surface area is 97.2 Å². The largest absolute Gasteiger partial charge is 0.398 e. The summed E-state index contributed by atoms with van der Waals surface area (Å²) in [7, 11) is 0. The Kier molecular flexibility index (Phi) is 3.67. The van der Waals surface area contributed by atoms with E-state index in [1.165, 1.54) is 11.3 Å². The van der Waals surface area contributed by atoms with Crippen LogP contribution >= 0.6 is 0 Å². The van der Waals surface area contributed by atoms with E-state index in [9.17, 15) is 0 Å². The van der Waals surface area contributed by atoms with Gasteiger partial charge in [0.15, 0.2) is 0 Å². The number of hydrogen-bond donors (Lipinski definition) is 1. The van der Waals surface area contributed by atoms with Crippen molar-refractivity contribution < 1.29 is 4.74 Å². The van der Waals surface area contributed by atoms with E-state index >= 15 is 0 Å². The monoisotopic (exact) mass is 220 g/mol. The first kappa shape index (κ1) is 11.3. The van der Waals surface area contributed by atoms with E-state index in [0.29, 0.717) is 0 Å². The van der Waals surface area contributed by atoms with Crippen LogP contribution in [0.3, 0.4) is 0 Å². The molecule has 1 aliphatic heterocycles. The van der Waals surface area contributed by atoms with Gasteiger partial charge in [0, 0.05) is 36.6 Å². The summed E-state index contributed by atoms with van der Waals surface area (Å²) >= 11 is 0. The van der Waals surface area contributed by atoms with Crippen LogP contribution in [-0.4, -0.2) is 26.3 Å². The highest BCUT2D eigenvalue weighted by molar-refractivity contribution is 5.68. The van der Waals surface area contributed by atoms with Crippen molar-refractivity contribution in [2.24, 2.45) is 0 Å². The molecule has 0 atom stereocenters. The summed E-state index contributed by atoms with van der Waals surface area (Å²) in [5, 5.41) is 0. The number of rotatable bonds is 5. The van der Waals surface area contributed by atoms with Gasteiger partial charge in [0.2, 0.25) is 0 Å². The Morgan fingerprint density at radius 2 is 2.25 bits per heavy atom. The second kappa shape index (κ2) is 5.21. The molecule has 3 nitrogen and oxygen atoms in total. The lowest BCUT2D eigenvalue weighted by atomic mass is 10.1. The number of ether oxygens (including phenoxy) is 1. The molecule has 0 aromatic heterocycles. The highest BCUT2D eigenvalue weighted by Crippen LogP contribution is 2.31. The highest BCUT2D eigenvalue weighted by atomic mass is 16.5. The van der Waals surface area contributed by atoms with Crippen LogP contribution in [-0.2, 0) is 11.2 Å². The molecular formula is C13H20N2O. The lowest BCUT2D eigenvalue weighted by molar-refractivity contribution is 0.141. The molecule has 3 heteroatoms. The van der Waals surface area contributed by atoms with Gasteiger partial charge in [-0.05, 0) is 25.0 Å². The van der Waals surface area contributed by atoms with Crippen LogP contribution in [0.1, 0.15) is 18.9 Å². The van der Waals surface area contributed by atoms with Gasteiger partial charge >= 0.3 is 0 Å². The lowest BCUT2D eigenvalue weighted by Crippen LogP contribution is -2.25. The van der Waals surface area contributed by atoms with Crippen LogP contribution < -0.4 is 10.6 Å². The Morgan fingerprint density at radius 3 is 3.06 bits per heavy atom. The van der Waals surface area contributed by atoms with Crippen LogP contribution in [0.5, 0.6) is 0 Å². The van der Waals surface area contributed by atoms with Gasteiger partial charge < -0.3 is 15.4 Å². The maximum atomic E-state index is 5.95. The van der Waals surface area contributed by atoms with Crippen LogP contribution in [0.15, 0.2) is 18.2 Å². The fourth-order valence-electron chi connectivity index (χ4n) is 2.18. The first-order valence-corrected chi connectivity index (χ1v) is 6.03. The lowest BCUT2D eigenvalue weighted by Gasteiger charge is -2.19. The molecule has 2 N–H and O–H groups in total. The molecule has 0 spiro atoms. The molecule has 0 saturated heterocycles. The number of nitrogens with two attached hydrogens (primary N) is 1. The average Bonchev–Trinajstić information content (AvgIpc) is 2.70. The molecule has 1 heterocycles. The summed E-state index contributed by atoms with van der Waals surface area (Å²) in [6.07, 6.45) is 2.15. The third kappa shape index (κ3) is 2.30. The average molecular weight is 220 g/mol. The van der Waals surface area contributed by atoms with E-state index in [0.717, 1.165) is 44.8 Å². The molecule has 1 aliphatic rings.